The Balaban J connectivity index is 2.42. The van der Waals surface area contributed by atoms with Gasteiger partial charge in [0.05, 0.1) is 0 Å². The largest absolute Gasteiger partial charge is 0.385 e. The smallest absolute Gasteiger partial charge is 0.319 e. The maximum Gasteiger partial charge on any atom is 0.319 e. The molecule has 0 fully saturated rings. The first kappa shape index (κ1) is 14.0. The summed E-state index contributed by atoms with van der Waals surface area (Å²) in [6.45, 7) is 3.20. The Kier molecular flexibility index (Phi) is 6.00. The van der Waals surface area contributed by atoms with Crippen molar-refractivity contribution in [3.8, 4) is 0 Å². The minimum Gasteiger partial charge on any atom is -0.385 e. The van der Waals surface area contributed by atoms with Crippen LogP contribution < -0.4 is 10.6 Å². The molecular formula is C12H17BrN2O2. The first-order chi connectivity index (χ1) is 8.13. The number of carbonyl (C=O) groups is 1. The van der Waals surface area contributed by atoms with E-state index in [-0.39, 0.29) is 6.03 Å². The average molecular weight is 301 g/mol. The highest BCUT2D eigenvalue weighted by molar-refractivity contribution is 9.10. The molecule has 4 nitrogen and oxygen atoms in total. The van der Waals surface area contributed by atoms with Gasteiger partial charge in [-0.1, -0.05) is 22.0 Å². The molecule has 0 spiro atoms. The van der Waals surface area contributed by atoms with Gasteiger partial charge in [-0.15, -0.1) is 0 Å². The number of amides is 2. The maximum absolute atomic E-state index is 11.6. The van der Waals surface area contributed by atoms with Gasteiger partial charge >= 0.3 is 6.03 Å². The number of methoxy groups -OCH3 is 1. The molecule has 0 aliphatic heterocycles. The van der Waals surface area contributed by atoms with Gasteiger partial charge in [-0.2, -0.15) is 0 Å². The Morgan fingerprint density at radius 1 is 1.47 bits per heavy atom. The standard InChI is InChI=1S/C12H17BrN2O2/c1-9-4-5-10(13)8-11(9)15-12(16)14-6-3-7-17-2/h4-5,8H,3,6-7H2,1-2H3,(H2,14,15,16). The molecular weight excluding hydrogens is 284 g/mol. The highest BCUT2D eigenvalue weighted by Gasteiger charge is 2.04. The van der Waals surface area contributed by atoms with Crippen molar-refractivity contribution < 1.29 is 9.53 Å². The normalized spacial score (nSPS) is 10.1. The van der Waals surface area contributed by atoms with E-state index < -0.39 is 0 Å². The molecule has 0 aliphatic carbocycles. The van der Waals surface area contributed by atoms with Crippen molar-refractivity contribution in [1.29, 1.82) is 0 Å². The molecule has 0 heterocycles. The third-order valence-electron chi connectivity index (χ3n) is 2.26. The van der Waals surface area contributed by atoms with E-state index in [4.69, 9.17) is 4.74 Å². The molecule has 1 aromatic rings. The van der Waals surface area contributed by atoms with Crippen molar-refractivity contribution in [2.75, 3.05) is 25.6 Å². The lowest BCUT2D eigenvalue weighted by Crippen LogP contribution is -2.30. The predicted octanol–water partition coefficient (Wildman–Crippen LogP) is 2.92. The minimum atomic E-state index is -0.192. The summed E-state index contributed by atoms with van der Waals surface area (Å²) < 4.78 is 5.84. The zero-order valence-electron chi connectivity index (χ0n) is 10.0. The summed E-state index contributed by atoms with van der Waals surface area (Å²) >= 11 is 3.37. The zero-order chi connectivity index (χ0) is 12.7. The molecule has 17 heavy (non-hydrogen) atoms. The number of hydrogen-bond acceptors (Lipinski definition) is 2. The number of hydrogen-bond donors (Lipinski definition) is 2. The summed E-state index contributed by atoms with van der Waals surface area (Å²) in [6, 6.07) is 5.58. The van der Waals surface area contributed by atoms with Crippen LogP contribution in [0, 0.1) is 6.92 Å². The molecule has 0 aromatic heterocycles. The van der Waals surface area contributed by atoms with Gasteiger partial charge < -0.3 is 15.4 Å². The van der Waals surface area contributed by atoms with Crippen LogP contribution in [-0.4, -0.2) is 26.3 Å². The van der Waals surface area contributed by atoms with E-state index >= 15 is 0 Å². The number of benzene rings is 1. The summed E-state index contributed by atoms with van der Waals surface area (Å²) in [5.41, 5.74) is 1.84. The van der Waals surface area contributed by atoms with Gasteiger partial charge in [0.25, 0.3) is 0 Å². The number of ether oxygens (including phenoxy) is 1. The van der Waals surface area contributed by atoms with E-state index in [0.717, 1.165) is 22.1 Å². The second-order valence-electron chi connectivity index (χ2n) is 3.69. The number of halogens is 1. The highest BCUT2D eigenvalue weighted by atomic mass is 79.9. The summed E-state index contributed by atoms with van der Waals surface area (Å²) in [5.74, 6) is 0. The van der Waals surface area contributed by atoms with Gasteiger partial charge in [0.1, 0.15) is 0 Å². The number of urea groups is 1. The Labute approximate surface area is 110 Å². The molecule has 1 aromatic carbocycles. The van der Waals surface area contributed by atoms with Crippen LogP contribution >= 0.6 is 15.9 Å². The topological polar surface area (TPSA) is 50.4 Å². The number of aryl methyl sites for hydroxylation is 1. The van der Waals surface area contributed by atoms with E-state index in [2.05, 4.69) is 26.6 Å². The first-order valence-electron chi connectivity index (χ1n) is 5.43. The number of anilines is 1. The molecule has 0 unspecified atom stereocenters. The van der Waals surface area contributed by atoms with E-state index in [0.29, 0.717) is 13.2 Å². The van der Waals surface area contributed by atoms with Crippen molar-refractivity contribution >= 4 is 27.6 Å². The van der Waals surface area contributed by atoms with E-state index in [1.165, 1.54) is 0 Å². The lowest BCUT2D eigenvalue weighted by Gasteiger charge is -2.10. The summed E-state index contributed by atoms with van der Waals surface area (Å²) in [6.07, 6.45) is 0.807. The second kappa shape index (κ2) is 7.29. The fourth-order valence-electron chi connectivity index (χ4n) is 1.31. The van der Waals surface area contributed by atoms with Crippen LogP contribution in [-0.2, 0) is 4.74 Å². The van der Waals surface area contributed by atoms with E-state index in [1.54, 1.807) is 7.11 Å². The number of rotatable bonds is 5. The molecule has 0 atom stereocenters. The van der Waals surface area contributed by atoms with Crippen molar-refractivity contribution in [2.45, 2.75) is 13.3 Å². The van der Waals surface area contributed by atoms with Gasteiger partial charge in [-0.3, -0.25) is 0 Å². The number of nitrogens with one attached hydrogen (secondary N) is 2. The SMILES string of the molecule is COCCCNC(=O)Nc1cc(Br)ccc1C. The minimum absolute atomic E-state index is 0.192. The van der Waals surface area contributed by atoms with E-state index in [9.17, 15) is 4.79 Å². The predicted molar refractivity (Wildman–Crippen MR) is 72.4 cm³/mol. The highest BCUT2D eigenvalue weighted by Crippen LogP contribution is 2.20. The van der Waals surface area contributed by atoms with Crippen LogP contribution in [0.5, 0.6) is 0 Å². The lowest BCUT2D eigenvalue weighted by atomic mass is 10.2. The Bertz CT molecular complexity index is 383. The zero-order valence-corrected chi connectivity index (χ0v) is 11.6. The fourth-order valence-corrected chi connectivity index (χ4v) is 1.67. The van der Waals surface area contributed by atoms with E-state index in [1.807, 2.05) is 25.1 Å². The van der Waals surface area contributed by atoms with Crippen LogP contribution in [0.1, 0.15) is 12.0 Å². The second-order valence-corrected chi connectivity index (χ2v) is 4.60. The monoisotopic (exact) mass is 300 g/mol. The molecule has 2 N–H and O–H groups in total. The van der Waals surface area contributed by atoms with Gasteiger partial charge in [0.2, 0.25) is 0 Å². The lowest BCUT2D eigenvalue weighted by molar-refractivity contribution is 0.194. The van der Waals surface area contributed by atoms with Gasteiger partial charge in [-0.05, 0) is 31.0 Å². The molecule has 2 amide bonds. The molecule has 5 heteroatoms. The van der Waals surface area contributed by atoms with Crippen molar-refractivity contribution in [3.63, 3.8) is 0 Å². The van der Waals surface area contributed by atoms with Gasteiger partial charge in [0, 0.05) is 30.4 Å². The third kappa shape index (κ3) is 5.19. The molecule has 1 rings (SSSR count). The fraction of sp³-hybridized carbons (Fsp3) is 0.417. The Morgan fingerprint density at radius 3 is 2.94 bits per heavy atom. The first-order valence-corrected chi connectivity index (χ1v) is 6.22. The van der Waals surface area contributed by atoms with Gasteiger partial charge in [-0.25, -0.2) is 4.79 Å². The molecule has 0 radical (unpaired) electrons. The van der Waals surface area contributed by atoms with Gasteiger partial charge in [0.15, 0.2) is 0 Å². The Morgan fingerprint density at radius 2 is 2.24 bits per heavy atom. The van der Waals surface area contributed by atoms with Crippen LogP contribution in [0.25, 0.3) is 0 Å². The van der Waals surface area contributed by atoms with Crippen molar-refractivity contribution in [3.05, 3.63) is 28.2 Å². The van der Waals surface area contributed by atoms with Crippen LogP contribution in [0.2, 0.25) is 0 Å². The molecule has 0 aliphatic rings. The summed E-state index contributed by atoms with van der Waals surface area (Å²) in [4.78, 5) is 11.6. The van der Waals surface area contributed by atoms with Crippen LogP contribution in [0.3, 0.4) is 0 Å². The molecule has 0 saturated heterocycles. The maximum atomic E-state index is 11.6. The molecule has 0 saturated carbocycles. The number of carbonyl (C=O) groups excluding carboxylic acids is 1. The third-order valence-corrected chi connectivity index (χ3v) is 2.75. The molecule has 0 bridgehead atoms. The molecule has 94 valence electrons. The van der Waals surface area contributed by atoms with Crippen molar-refractivity contribution in [2.24, 2.45) is 0 Å². The van der Waals surface area contributed by atoms with Crippen LogP contribution in [0.15, 0.2) is 22.7 Å². The summed E-state index contributed by atoms with van der Waals surface area (Å²) in [7, 11) is 1.64. The van der Waals surface area contributed by atoms with Crippen molar-refractivity contribution in [1.82, 2.24) is 5.32 Å². The summed E-state index contributed by atoms with van der Waals surface area (Å²) in [5, 5.41) is 5.57. The van der Waals surface area contributed by atoms with Crippen LogP contribution in [0.4, 0.5) is 10.5 Å². The average Bonchev–Trinajstić information content (AvgIpc) is 2.29. The Hall–Kier alpha value is -1.07. The quantitative estimate of drug-likeness (QED) is 0.822.